The van der Waals surface area contributed by atoms with Crippen LogP contribution in [0.15, 0.2) is 47.5 Å². The molecule has 0 unspecified atom stereocenters. The number of halogens is 2. The number of hydrogen-bond acceptors (Lipinski definition) is 4. The monoisotopic (exact) mass is 314 g/mol. The molecule has 1 atom stereocenters. The molecule has 2 rings (SSSR count). The summed E-state index contributed by atoms with van der Waals surface area (Å²) in [6, 6.07) is 7.04. The molecule has 0 radical (unpaired) electrons. The second-order valence-electron chi connectivity index (χ2n) is 4.31. The third kappa shape index (κ3) is 2.78. The first kappa shape index (κ1) is 15.5. The fourth-order valence-electron chi connectivity index (χ4n) is 2.03. The Morgan fingerprint density at radius 2 is 1.90 bits per heavy atom. The van der Waals surface area contributed by atoms with E-state index in [-0.39, 0.29) is 0 Å². The lowest BCUT2D eigenvalue weighted by molar-refractivity contribution is 0.212. The number of aromatic nitrogens is 1. The number of rotatable bonds is 4. The first-order valence-electron chi connectivity index (χ1n) is 5.87. The molecule has 8 heteroatoms. The molecule has 0 aliphatic carbocycles. The third-order valence-corrected chi connectivity index (χ3v) is 3.92. The van der Waals surface area contributed by atoms with Gasteiger partial charge in [0, 0.05) is 18.3 Å². The van der Waals surface area contributed by atoms with Crippen LogP contribution in [0.4, 0.5) is 8.78 Å². The summed E-state index contributed by atoms with van der Waals surface area (Å²) in [6.07, 6.45) is 1.17. The van der Waals surface area contributed by atoms with Gasteiger partial charge in [-0.1, -0.05) is 18.2 Å². The van der Waals surface area contributed by atoms with Crippen molar-refractivity contribution in [2.24, 2.45) is 5.73 Å². The molecule has 5 nitrogen and oxygen atoms in total. The normalized spacial score (nSPS) is 14.7. The average Bonchev–Trinajstić information content (AvgIpc) is 2.46. The van der Waals surface area contributed by atoms with E-state index >= 15 is 4.39 Å². The second-order valence-corrected chi connectivity index (χ2v) is 5.70. The SMILES string of the molecule is NC[C@](F)(c1ccccc1S(=O)(=O)O)c1ncccc1F. The summed E-state index contributed by atoms with van der Waals surface area (Å²) in [5, 5.41) is 0. The topological polar surface area (TPSA) is 93.3 Å². The molecule has 0 saturated carbocycles. The van der Waals surface area contributed by atoms with E-state index in [0.717, 1.165) is 18.2 Å². The summed E-state index contributed by atoms with van der Waals surface area (Å²) >= 11 is 0. The molecule has 1 aromatic carbocycles. The van der Waals surface area contributed by atoms with Crippen LogP contribution in [0, 0.1) is 5.82 Å². The van der Waals surface area contributed by atoms with Gasteiger partial charge in [-0.05, 0) is 18.2 Å². The predicted molar refractivity (Wildman–Crippen MR) is 71.4 cm³/mol. The van der Waals surface area contributed by atoms with Gasteiger partial charge in [0.15, 0.2) is 5.67 Å². The quantitative estimate of drug-likeness (QED) is 0.837. The Hall–Kier alpha value is -1.90. The fraction of sp³-hybridized carbons (Fsp3) is 0.154. The number of nitrogens with zero attached hydrogens (tertiary/aromatic N) is 1. The van der Waals surface area contributed by atoms with Crippen molar-refractivity contribution in [2.45, 2.75) is 10.6 Å². The summed E-state index contributed by atoms with van der Waals surface area (Å²) in [6.45, 7) is -0.743. The minimum atomic E-state index is -4.69. The molecule has 2 aromatic rings. The molecule has 0 bridgehead atoms. The molecule has 0 saturated heterocycles. The Morgan fingerprint density at radius 1 is 1.24 bits per heavy atom. The lowest BCUT2D eigenvalue weighted by atomic mass is 9.91. The number of nitrogens with two attached hydrogens (primary N) is 1. The van der Waals surface area contributed by atoms with Crippen LogP contribution < -0.4 is 5.73 Å². The van der Waals surface area contributed by atoms with E-state index < -0.39 is 44.3 Å². The minimum Gasteiger partial charge on any atom is -0.327 e. The number of pyridine rings is 1. The van der Waals surface area contributed by atoms with Crippen LogP contribution in [0.3, 0.4) is 0 Å². The summed E-state index contributed by atoms with van der Waals surface area (Å²) in [7, 11) is -4.69. The second kappa shape index (κ2) is 5.47. The van der Waals surface area contributed by atoms with Gasteiger partial charge in [0.1, 0.15) is 16.4 Å². The Labute approximate surface area is 120 Å². The Balaban J connectivity index is 2.76. The van der Waals surface area contributed by atoms with Crippen molar-refractivity contribution >= 4 is 10.1 Å². The molecule has 0 amide bonds. The Kier molecular flexibility index (Phi) is 4.04. The van der Waals surface area contributed by atoms with Gasteiger partial charge in [0.2, 0.25) is 0 Å². The fourth-order valence-corrected chi connectivity index (χ4v) is 2.79. The highest BCUT2D eigenvalue weighted by Gasteiger charge is 2.40. The highest BCUT2D eigenvalue weighted by atomic mass is 32.2. The van der Waals surface area contributed by atoms with E-state index in [0.29, 0.717) is 0 Å². The van der Waals surface area contributed by atoms with Gasteiger partial charge in [-0.15, -0.1) is 0 Å². The Morgan fingerprint density at radius 3 is 2.48 bits per heavy atom. The zero-order valence-corrected chi connectivity index (χ0v) is 11.5. The molecule has 0 spiro atoms. The summed E-state index contributed by atoms with van der Waals surface area (Å²) in [5.74, 6) is -0.962. The van der Waals surface area contributed by atoms with Crippen molar-refractivity contribution in [3.05, 3.63) is 59.7 Å². The molecule has 21 heavy (non-hydrogen) atoms. The lowest BCUT2D eigenvalue weighted by Crippen LogP contribution is -2.35. The van der Waals surface area contributed by atoms with Gasteiger partial charge in [0.05, 0.1) is 0 Å². The van der Waals surface area contributed by atoms with Gasteiger partial charge >= 0.3 is 0 Å². The standard InChI is InChI=1S/C13H12F2N2O3S/c14-10-5-3-7-17-12(10)13(15,8-16)9-4-1-2-6-11(9)21(18,19)20/h1-7H,8,16H2,(H,18,19,20)/t13-/m0/s1. The zero-order chi connectivity index (χ0) is 15.7. The van der Waals surface area contributed by atoms with E-state index in [2.05, 4.69) is 4.98 Å². The Bertz CT molecular complexity index is 768. The number of hydrogen-bond donors (Lipinski definition) is 2. The van der Waals surface area contributed by atoms with E-state index in [1.807, 2.05) is 0 Å². The highest BCUT2D eigenvalue weighted by molar-refractivity contribution is 7.85. The summed E-state index contributed by atoms with van der Waals surface area (Å²) < 4.78 is 61.0. The van der Waals surface area contributed by atoms with Crippen molar-refractivity contribution in [1.29, 1.82) is 0 Å². The van der Waals surface area contributed by atoms with E-state index in [4.69, 9.17) is 5.73 Å². The summed E-state index contributed by atoms with van der Waals surface area (Å²) in [4.78, 5) is 2.94. The first-order valence-corrected chi connectivity index (χ1v) is 7.31. The van der Waals surface area contributed by atoms with Crippen molar-refractivity contribution in [3.8, 4) is 0 Å². The maximum atomic E-state index is 15.2. The summed E-state index contributed by atoms with van der Waals surface area (Å²) in [5.41, 5.74) is 1.61. The van der Waals surface area contributed by atoms with Crippen LogP contribution in [0.1, 0.15) is 11.3 Å². The lowest BCUT2D eigenvalue weighted by Gasteiger charge is -2.25. The van der Waals surface area contributed by atoms with Crippen molar-refractivity contribution < 1.29 is 21.8 Å². The van der Waals surface area contributed by atoms with Crippen LogP contribution >= 0.6 is 0 Å². The van der Waals surface area contributed by atoms with Crippen molar-refractivity contribution in [1.82, 2.24) is 4.98 Å². The first-order chi connectivity index (χ1) is 9.80. The van der Waals surface area contributed by atoms with Crippen molar-refractivity contribution in [2.75, 3.05) is 6.54 Å². The smallest absolute Gasteiger partial charge is 0.294 e. The van der Waals surface area contributed by atoms with Gasteiger partial charge < -0.3 is 5.73 Å². The van der Waals surface area contributed by atoms with Gasteiger partial charge in [0.25, 0.3) is 10.1 Å². The molecule has 3 N–H and O–H groups in total. The van der Waals surface area contributed by atoms with Crippen LogP contribution in [0.5, 0.6) is 0 Å². The molecule has 0 fully saturated rings. The highest BCUT2D eigenvalue weighted by Crippen LogP contribution is 2.36. The predicted octanol–water partition coefficient (Wildman–Crippen LogP) is 1.64. The molecule has 112 valence electrons. The third-order valence-electron chi connectivity index (χ3n) is 3.01. The van der Waals surface area contributed by atoms with Crippen LogP contribution in [0.2, 0.25) is 0 Å². The van der Waals surface area contributed by atoms with Crippen molar-refractivity contribution in [3.63, 3.8) is 0 Å². The molecular weight excluding hydrogens is 302 g/mol. The molecule has 0 aliphatic rings. The van der Waals surface area contributed by atoms with Crippen LogP contribution in [-0.2, 0) is 15.8 Å². The molecule has 1 heterocycles. The maximum Gasteiger partial charge on any atom is 0.294 e. The molecule has 0 aliphatic heterocycles. The minimum absolute atomic E-state index is 0.465. The van der Waals surface area contributed by atoms with E-state index in [1.54, 1.807) is 0 Å². The molecular formula is C13H12F2N2O3S. The average molecular weight is 314 g/mol. The zero-order valence-electron chi connectivity index (χ0n) is 10.7. The molecule has 1 aromatic heterocycles. The van der Waals surface area contributed by atoms with Crippen LogP contribution in [0.25, 0.3) is 0 Å². The van der Waals surface area contributed by atoms with E-state index in [1.165, 1.54) is 24.4 Å². The van der Waals surface area contributed by atoms with Gasteiger partial charge in [-0.3, -0.25) is 9.54 Å². The van der Waals surface area contributed by atoms with Crippen LogP contribution in [-0.4, -0.2) is 24.5 Å². The van der Waals surface area contributed by atoms with Gasteiger partial charge in [-0.2, -0.15) is 8.42 Å². The maximum absolute atomic E-state index is 15.2. The van der Waals surface area contributed by atoms with E-state index in [9.17, 15) is 17.4 Å². The largest absolute Gasteiger partial charge is 0.327 e. The van der Waals surface area contributed by atoms with Gasteiger partial charge in [-0.25, -0.2) is 8.78 Å². The number of benzene rings is 1. The number of alkyl halides is 1.